The maximum Gasteiger partial charge on any atom is 0.0912 e. The van der Waals surface area contributed by atoms with Gasteiger partial charge in [-0.2, -0.15) is 5.26 Å². The van der Waals surface area contributed by atoms with Gasteiger partial charge in [-0.15, -0.1) is 0 Å². The number of halogens is 2. The van der Waals surface area contributed by atoms with E-state index in [-0.39, 0.29) is 0 Å². The van der Waals surface area contributed by atoms with Crippen LogP contribution >= 0.6 is 23.2 Å². The number of nitrogens with zero attached hydrogens (tertiary/aromatic N) is 1. The van der Waals surface area contributed by atoms with Crippen molar-refractivity contribution in [3.63, 3.8) is 0 Å². The van der Waals surface area contributed by atoms with Gasteiger partial charge in [0.1, 0.15) is 0 Å². The number of hydrogen-bond acceptors (Lipinski definition) is 1. The fourth-order valence-corrected chi connectivity index (χ4v) is 2.33. The number of nitriles is 1. The zero-order valence-electron chi connectivity index (χ0n) is 8.59. The van der Waals surface area contributed by atoms with Crippen LogP contribution in [0.5, 0.6) is 0 Å². The first-order valence-corrected chi connectivity index (χ1v) is 5.37. The summed E-state index contributed by atoms with van der Waals surface area (Å²) in [4.78, 5) is 0. The largest absolute Gasteiger partial charge is 0.193 e. The maximum absolute atomic E-state index is 8.41. The smallest absolute Gasteiger partial charge is 0.0912 e. The highest BCUT2D eigenvalue weighted by molar-refractivity contribution is 6.36. The third kappa shape index (κ3) is 2.99. The fraction of sp³-hybridized carbons (Fsp3) is 0.250. The van der Waals surface area contributed by atoms with Crippen LogP contribution in [-0.4, -0.2) is 0 Å². The van der Waals surface area contributed by atoms with E-state index in [9.17, 15) is 0 Å². The number of hydrogen-bond donors (Lipinski definition) is 0. The van der Waals surface area contributed by atoms with Crippen LogP contribution < -0.4 is 0 Å². The summed E-state index contributed by atoms with van der Waals surface area (Å²) in [6.07, 6.45) is 3.08. The molecule has 0 aliphatic carbocycles. The summed E-state index contributed by atoms with van der Waals surface area (Å²) in [6.45, 7) is 4.08. The van der Waals surface area contributed by atoms with Crippen LogP contribution in [0.4, 0.5) is 0 Å². The van der Waals surface area contributed by atoms with E-state index in [1.807, 2.05) is 32.0 Å². The Morgan fingerprint density at radius 1 is 1.27 bits per heavy atom. The molecule has 0 saturated heterocycles. The SMILES string of the molecule is CC(C)c1c(Cl)cc(/C=C/C#N)cc1Cl. The first kappa shape index (κ1) is 12.1. The molecule has 0 spiro atoms. The minimum atomic E-state index is 0.291. The minimum absolute atomic E-state index is 0.291. The average molecular weight is 240 g/mol. The summed E-state index contributed by atoms with van der Waals surface area (Å²) in [5.74, 6) is 0.291. The zero-order valence-corrected chi connectivity index (χ0v) is 10.1. The van der Waals surface area contributed by atoms with E-state index in [0.717, 1.165) is 11.1 Å². The number of rotatable bonds is 2. The lowest BCUT2D eigenvalue weighted by atomic mass is 10.0. The van der Waals surface area contributed by atoms with Crippen LogP contribution in [0.25, 0.3) is 6.08 Å². The normalized spacial score (nSPS) is 10.9. The van der Waals surface area contributed by atoms with E-state index in [1.54, 1.807) is 6.08 Å². The standard InChI is InChI=1S/C12H11Cl2N/c1-8(2)12-10(13)6-9(4-3-5-15)7-11(12)14/h3-4,6-8H,1-2H3/b4-3+. The van der Waals surface area contributed by atoms with Crippen molar-refractivity contribution in [2.24, 2.45) is 0 Å². The second-order valence-electron chi connectivity index (χ2n) is 3.52. The highest BCUT2D eigenvalue weighted by atomic mass is 35.5. The molecule has 0 aliphatic rings. The Morgan fingerprint density at radius 3 is 2.20 bits per heavy atom. The zero-order chi connectivity index (χ0) is 11.4. The van der Waals surface area contributed by atoms with Crippen molar-refractivity contribution in [1.82, 2.24) is 0 Å². The molecule has 0 aliphatic heterocycles. The summed E-state index contributed by atoms with van der Waals surface area (Å²) in [5.41, 5.74) is 1.79. The molecule has 0 saturated carbocycles. The van der Waals surface area contributed by atoms with Gasteiger partial charge in [-0.25, -0.2) is 0 Å². The molecule has 1 rings (SSSR count). The number of benzene rings is 1. The van der Waals surface area contributed by atoms with Crippen molar-refractivity contribution in [2.75, 3.05) is 0 Å². The third-order valence-corrected chi connectivity index (χ3v) is 2.65. The highest BCUT2D eigenvalue weighted by Crippen LogP contribution is 2.32. The molecule has 1 aromatic carbocycles. The molecule has 0 fully saturated rings. The van der Waals surface area contributed by atoms with Gasteiger partial charge in [0.2, 0.25) is 0 Å². The average Bonchev–Trinajstić information content (AvgIpc) is 2.12. The van der Waals surface area contributed by atoms with Gasteiger partial charge < -0.3 is 0 Å². The van der Waals surface area contributed by atoms with Crippen molar-refractivity contribution < 1.29 is 0 Å². The van der Waals surface area contributed by atoms with Gasteiger partial charge in [0.15, 0.2) is 0 Å². The second-order valence-corrected chi connectivity index (χ2v) is 4.33. The first-order chi connectivity index (χ1) is 7.06. The van der Waals surface area contributed by atoms with Crippen LogP contribution in [-0.2, 0) is 0 Å². The number of allylic oxidation sites excluding steroid dienone is 1. The van der Waals surface area contributed by atoms with E-state index in [0.29, 0.717) is 16.0 Å². The van der Waals surface area contributed by atoms with Crippen LogP contribution in [0.15, 0.2) is 18.2 Å². The van der Waals surface area contributed by atoms with Gasteiger partial charge in [0, 0.05) is 16.1 Å². The lowest BCUT2D eigenvalue weighted by Crippen LogP contribution is -1.91. The van der Waals surface area contributed by atoms with Crippen molar-refractivity contribution >= 4 is 29.3 Å². The molecule has 1 nitrogen and oxygen atoms in total. The Kier molecular flexibility index (Phi) is 4.20. The summed E-state index contributed by atoms with van der Waals surface area (Å²) in [5, 5.41) is 9.70. The van der Waals surface area contributed by atoms with Crippen LogP contribution in [0.1, 0.15) is 30.9 Å². The molecule has 15 heavy (non-hydrogen) atoms. The summed E-state index contributed by atoms with van der Waals surface area (Å²) < 4.78 is 0. The monoisotopic (exact) mass is 239 g/mol. The Bertz CT molecular complexity index is 405. The summed E-state index contributed by atoms with van der Waals surface area (Å²) >= 11 is 12.2. The Labute approximate surface area is 99.9 Å². The van der Waals surface area contributed by atoms with Gasteiger partial charge in [-0.3, -0.25) is 0 Å². The summed E-state index contributed by atoms with van der Waals surface area (Å²) in [7, 11) is 0. The molecule has 3 heteroatoms. The van der Waals surface area contributed by atoms with E-state index >= 15 is 0 Å². The second kappa shape index (κ2) is 5.21. The molecule has 0 unspecified atom stereocenters. The highest BCUT2D eigenvalue weighted by Gasteiger charge is 2.10. The van der Waals surface area contributed by atoms with Crippen LogP contribution in [0, 0.1) is 11.3 Å². The molecule has 0 amide bonds. The van der Waals surface area contributed by atoms with E-state index < -0.39 is 0 Å². The van der Waals surface area contributed by atoms with Crippen molar-refractivity contribution in [1.29, 1.82) is 5.26 Å². The molecule has 0 atom stereocenters. The quantitative estimate of drug-likeness (QED) is 0.690. The molecule has 1 aromatic rings. The Balaban J connectivity index is 3.21. The molecule has 0 bridgehead atoms. The van der Waals surface area contributed by atoms with E-state index in [4.69, 9.17) is 28.5 Å². The molecular formula is C12H11Cl2N. The fourth-order valence-electron chi connectivity index (χ4n) is 1.39. The topological polar surface area (TPSA) is 23.8 Å². The molecule has 0 aromatic heterocycles. The van der Waals surface area contributed by atoms with E-state index in [1.165, 1.54) is 6.08 Å². The Hall–Kier alpha value is -0.970. The predicted octanol–water partition coefficient (Wildman–Crippen LogP) is 4.65. The van der Waals surface area contributed by atoms with Gasteiger partial charge in [-0.1, -0.05) is 37.0 Å². The van der Waals surface area contributed by atoms with E-state index in [2.05, 4.69) is 0 Å². The van der Waals surface area contributed by atoms with Gasteiger partial charge in [0.25, 0.3) is 0 Å². The van der Waals surface area contributed by atoms with Gasteiger partial charge in [0.05, 0.1) is 6.07 Å². The van der Waals surface area contributed by atoms with Crippen LogP contribution in [0.2, 0.25) is 10.0 Å². The van der Waals surface area contributed by atoms with Gasteiger partial charge >= 0.3 is 0 Å². The van der Waals surface area contributed by atoms with Crippen molar-refractivity contribution in [3.8, 4) is 6.07 Å². The first-order valence-electron chi connectivity index (χ1n) is 4.61. The molecule has 0 N–H and O–H groups in total. The third-order valence-electron chi connectivity index (χ3n) is 2.03. The molecular weight excluding hydrogens is 229 g/mol. The van der Waals surface area contributed by atoms with Gasteiger partial charge in [-0.05, 0) is 35.3 Å². The summed E-state index contributed by atoms with van der Waals surface area (Å²) in [6, 6.07) is 5.56. The molecule has 78 valence electrons. The van der Waals surface area contributed by atoms with Crippen LogP contribution in [0.3, 0.4) is 0 Å². The van der Waals surface area contributed by atoms with Crippen molar-refractivity contribution in [2.45, 2.75) is 19.8 Å². The lowest BCUT2D eigenvalue weighted by Gasteiger charge is -2.11. The molecule has 0 heterocycles. The molecule has 0 radical (unpaired) electrons. The maximum atomic E-state index is 8.41. The Morgan fingerprint density at radius 2 is 1.80 bits per heavy atom. The predicted molar refractivity (Wildman–Crippen MR) is 65.2 cm³/mol. The minimum Gasteiger partial charge on any atom is -0.193 e. The van der Waals surface area contributed by atoms with Crippen molar-refractivity contribution in [3.05, 3.63) is 39.4 Å². The lowest BCUT2D eigenvalue weighted by molar-refractivity contribution is 0.867.